The molecule has 0 bridgehead atoms. The number of nitrogens with zero attached hydrogens (tertiary/aromatic N) is 1. The topological polar surface area (TPSA) is 24.4 Å². The van der Waals surface area contributed by atoms with Crippen molar-refractivity contribution in [2.24, 2.45) is 5.10 Å². The summed E-state index contributed by atoms with van der Waals surface area (Å²) in [5.74, 6) is -0.976. The Morgan fingerprint density at radius 1 is 1.11 bits per heavy atom. The molecular formula is C15H14F2N2. The van der Waals surface area contributed by atoms with Gasteiger partial charge in [-0.25, -0.2) is 8.78 Å². The fourth-order valence-corrected chi connectivity index (χ4v) is 1.68. The highest BCUT2D eigenvalue weighted by Gasteiger charge is 2.07. The smallest absolute Gasteiger partial charge is 0.132 e. The summed E-state index contributed by atoms with van der Waals surface area (Å²) in [6.45, 7) is 3.57. The van der Waals surface area contributed by atoms with Gasteiger partial charge in [-0.15, -0.1) is 0 Å². The van der Waals surface area contributed by atoms with Crippen LogP contribution in [0.1, 0.15) is 18.1 Å². The van der Waals surface area contributed by atoms with Gasteiger partial charge < -0.3 is 0 Å². The number of anilines is 1. The number of benzene rings is 2. The molecule has 19 heavy (non-hydrogen) atoms. The average molecular weight is 260 g/mol. The lowest BCUT2D eigenvalue weighted by atomic mass is 10.1. The molecule has 0 aromatic heterocycles. The first kappa shape index (κ1) is 13.2. The van der Waals surface area contributed by atoms with Gasteiger partial charge in [0.15, 0.2) is 0 Å². The molecule has 0 heterocycles. The maximum Gasteiger partial charge on any atom is 0.132 e. The Bertz CT molecular complexity index is 621. The number of aryl methyl sites for hydroxylation is 1. The molecule has 0 fully saturated rings. The zero-order valence-corrected chi connectivity index (χ0v) is 10.7. The number of hydrazone groups is 1. The van der Waals surface area contributed by atoms with Gasteiger partial charge in [-0.1, -0.05) is 18.2 Å². The van der Waals surface area contributed by atoms with Crippen LogP contribution < -0.4 is 5.43 Å². The van der Waals surface area contributed by atoms with E-state index in [1.54, 1.807) is 6.92 Å². The lowest BCUT2D eigenvalue weighted by Gasteiger charge is -2.07. The second kappa shape index (κ2) is 5.61. The van der Waals surface area contributed by atoms with Crippen LogP contribution in [-0.2, 0) is 0 Å². The Hall–Kier alpha value is -2.23. The molecule has 0 unspecified atom stereocenters. The van der Waals surface area contributed by atoms with Crippen molar-refractivity contribution in [1.29, 1.82) is 0 Å². The van der Waals surface area contributed by atoms with Crippen molar-refractivity contribution in [3.05, 3.63) is 65.2 Å². The molecule has 2 aromatic carbocycles. The standard InChI is InChI=1S/C15H14F2N2/c1-10-5-3-4-6-15(10)19-18-11(2)13-9-12(16)7-8-14(13)17/h3-9,19H,1-2H3/b18-11-. The summed E-state index contributed by atoms with van der Waals surface area (Å²) in [6, 6.07) is 10.9. The van der Waals surface area contributed by atoms with E-state index in [2.05, 4.69) is 10.5 Å². The Balaban J connectivity index is 2.24. The third-order valence-electron chi connectivity index (χ3n) is 2.81. The molecule has 0 aliphatic carbocycles. The fourth-order valence-electron chi connectivity index (χ4n) is 1.68. The van der Waals surface area contributed by atoms with Gasteiger partial charge in [0.2, 0.25) is 0 Å². The molecule has 0 saturated heterocycles. The molecule has 0 atom stereocenters. The van der Waals surface area contributed by atoms with Crippen LogP contribution >= 0.6 is 0 Å². The van der Waals surface area contributed by atoms with Crippen molar-refractivity contribution < 1.29 is 8.78 Å². The highest BCUT2D eigenvalue weighted by molar-refractivity contribution is 5.99. The summed E-state index contributed by atoms with van der Waals surface area (Å²) in [7, 11) is 0. The Kier molecular flexibility index (Phi) is 3.90. The zero-order chi connectivity index (χ0) is 13.8. The molecule has 2 rings (SSSR count). The summed E-state index contributed by atoms with van der Waals surface area (Å²) in [4.78, 5) is 0. The van der Waals surface area contributed by atoms with Gasteiger partial charge in [-0.2, -0.15) is 5.10 Å². The highest BCUT2D eigenvalue weighted by Crippen LogP contribution is 2.15. The molecule has 1 N–H and O–H groups in total. The lowest BCUT2D eigenvalue weighted by Crippen LogP contribution is -2.03. The normalized spacial score (nSPS) is 11.5. The van der Waals surface area contributed by atoms with E-state index in [-0.39, 0.29) is 5.56 Å². The lowest BCUT2D eigenvalue weighted by molar-refractivity contribution is 0.598. The SMILES string of the molecule is C/C(=N/Nc1ccccc1C)c1cc(F)ccc1F. The maximum absolute atomic E-state index is 13.5. The van der Waals surface area contributed by atoms with E-state index in [1.807, 2.05) is 31.2 Å². The number of nitrogens with one attached hydrogen (secondary N) is 1. The molecule has 2 aromatic rings. The van der Waals surface area contributed by atoms with E-state index in [1.165, 1.54) is 0 Å². The summed E-state index contributed by atoms with van der Waals surface area (Å²) in [5, 5.41) is 4.09. The molecule has 0 amide bonds. The van der Waals surface area contributed by atoms with Gasteiger partial charge in [-0.05, 0) is 43.7 Å². The molecule has 0 aliphatic rings. The predicted octanol–water partition coefficient (Wildman–Crippen LogP) is 4.11. The summed E-state index contributed by atoms with van der Waals surface area (Å²) in [6.07, 6.45) is 0. The minimum Gasteiger partial charge on any atom is -0.278 e. The van der Waals surface area contributed by atoms with Gasteiger partial charge in [0, 0.05) is 5.56 Å². The number of hydrogen-bond acceptors (Lipinski definition) is 2. The van der Waals surface area contributed by atoms with Crippen LogP contribution in [0.25, 0.3) is 0 Å². The minimum absolute atomic E-state index is 0.154. The van der Waals surface area contributed by atoms with Crippen LogP contribution in [-0.4, -0.2) is 5.71 Å². The summed E-state index contributed by atoms with van der Waals surface area (Å²) < 4.78 is 26.6. The third kappa shape index (κ3) is 3.16. The minimum atomic E-state index is -0.491. The second-order valence-electron chi connectivity index (χ2n) is 4.25. The first-order chi connectivity index (χ1) is 9.08. The molecular weight excluding hydrogens is 246 g/mol. The quantitative estimate of drug-likeness (QED) is 0.651. The fraction of sp³-hybridized carbons (Fsp3) is 0.133. The molecule has 98 valence electrons. The van der Waals surface area contributed by atoms with Crippen LogP contribution in [0.3, 0.4) is 0 Å². The number of hydrogen-bond donors (Lipinski definition) is 1. The summed E-state index contributed by atoms with van der Waals surface area (Å²) in [5.41, 5.74) is 5.26. The third-order valence-corrected chi connectivity index (χ3v) is 2.81. The van der Waals surface area contributed by atoms with Crippen LogP contribution in [0.2, 0.25) is 0 Å². The predicted molar refractivity (Wildman–Crippen MR) is 73.4 cm³/mol. The van der Waals surface area contributed by atoms with E-state index < -0.39 is 11.6 Å². The van der Waals surface area contributed by atoms with Gasteiger partial charge in [-0.3, -0.25) is 5.43 Å². The van der Waals surface area contributed by atoms with Crippen LogP contribution in [0.4, 0.5) is 14.5 Å². The Morgan fingerprint density at radius 2 is 1.84 bits per heavy atom. The number of para-hydroxylation sites is 1. The van der Waals surface area contributed by atoms with Crippen molar-refractivity contribution in [3.63, 3.8) is 0 Å². The van der Waals surface area contributed by atoms with Gasteiger partial charge in [0.25, 0.3) is 0 Å². The number of rotatable bonds is 3. The Labute approximate surface area is 110 Å². The van der Waals surface area contributed by atoms with Crippen molar-refractivity contribution in [1.82, 2.24) is 0 Å². The molecule has 0 spiro atoms. The van der Waals surface area contributed by atoms with E-state index in [0.29, 0.717) is 5.71 Å². The van der Waals surface area contributed by atoms with E-state index in [0.717, 1.165) is 29.4 Å². The first-order valence-corrected chi connectivity index (χ1v) is 5.89. The van der Waals surface area contributed by atoms with Crippen molar-refractivity contribution in [3.8, 4) is 0 Å². The Morgan fingerprint density at radius 3 is 2.58 bits per heavy atom. The second-order valence-corrected chi connectivity index (χ2v) is 4.25. The maximum atomic E-state index is 13.5. The molecule has 0 aliphatic heterocycles. The average Bonchev–Trinajstić information content (AvgIpc) is 2.40. The van der Waals surface area contributed by atoms with E-state index in [9.17, 15) is 8.78 Å². The largest absolute Gasteiger partial charge is 0.278 e. The van der Waals surface area contributed by atoms with Crippen molar-refractivity contribution >= 4 is 11.4 Å². The highest BCUT2D eigenvalue weighted by atomic mass is 19.1. The van der Waals surface area contributed by atoms with Gasteiger partial charge in [0.1, 0.15) is 11.6 Å². The van der Waals surface area contributed by atoms with Crippen molar-refractivity contribution in [2.45, 2.75) is 13.8 Å². The van der Waals surface area contributed by atoms with Crippen LogP contribution in [0.15, 0.2) is 47.6 Å². The monoisotopic (exact) mass is 260 g/mol. The van der Waals surface area contributed by atoms with Gasteiger partial charge in [0.05, 0.1) is 11.4 Å². The molecule has 2 nitrogen and oxygen atoms in total. The van der Waals surface area contributed by atoms with E-state index in [4.69, 9.17) is 0 Å². The zero-order valence-electron chi connectivity index (χ0n) is 10.7. The van der Waals surface area contributed by atoms with Gasteiger partial charge >= 0.3 is 0 Å². The first-order valence-electron chi connectivity index (χ1n) is 5.89. The molecule has 4 heteroatoms. The molecule has 0 saturated carbocycles. The van der Waals surface area contributed by atoms with E-state index >= 15 is 0 Å². The molecule has 0 radical (unpaired) electrons. The van der Waals surface area contributed by atoms with Crippen molar-refractivity contribution in [2.75, 3.05) is 5.43 Å². The number of halogens is 2. The van der Waals surface area contributed by atoms with Crippen LogP contribution in [0.5, 0.6) is 0 Å². The van der Waals surface area contributed by atoms with Crippen LogP contribution in [0, 0.1) is 18.6 Å². The summed E-state index contributed by atoms with van der Waals surface area (Å²) >= 11 is 0.